The van der Waals surface area contributed by atoms with Crippen molar-refractivity contribution >= 4 is 31.3 Å². The van der Waals surface area contributed by atoms with Gasteiger partial charge in [-0.15, -0.1) is 0 Å². The van der Waals surface area contributed by atoms with Crippen LogP contribution in [0, 0.1) is 10.1 Å². The Bertz CT molecular complexity index is 631. The standard InChI is InChI=1S/C10H11ClN2O6S/c1-2-12-10(14)6-19-9-5-7(20(11,17)18)3-4-8(9)13(15)16/h3-5H,2,6H2,1H3,(H,12,14). The molecule has 1 rings (SSSR count). The van der Waals surface area contributed by atoms with E-state index in [4.69, 9.17) is 15.4 Å². The van der Waals surface area contributed by atoms with Crippen molar-refractivity contribution in [1.82, 2.24) is 5.32 Å². The van der Waals surface area contributed by atoms with Crippen LogP contribution in [-0.2, 0) is 13.8 Å². The Labute approximate surface area is 119 Å². The van der Waals surface area contributed by atoms with Gasteiger partial charge in [0, 0.05) is 29.4 Å². The van der Waals surface area contributed by atoms with Gasteiger partial charge in [0.25, 0.3) is 15.0 Å². The number of halogens is 1. The number of rotatable bonds is 6. The van der Waals surface area contributed by atoms with Gasteiger partial charge in [0.2, 0.25) is 0 Å². The molecule has 0 aliphatic heterocycles. The van der Waals surface area contributed by atoms with Crippen molar-refractivity contribution in [3.63, 3.8) is 0 Å². The van der Waals surface area contributed by atoms with Crippen LogP contribution in [-0.4, -0.2) is 32.4 Å². The highest BCUT2D eigenvalue weighted by molar-refractivity contribution is 8.13. The van der Waals surface area contributed by atoms with Gasteiger partial charge in [0.1, 0.15) is 0 Å². The van der Waals surface area contributed by atoms with Gasteiger partial charge in [-0.3, -0.25) is 14.9 Å². The number of carbonyl (C=O) groups excluding carboxylic acids is 1. The lowest BCUT2D eigenvalue weighted by Crippen LogP contribution is -2.28. The fraction of sp³-hybridized carbons (Fsp3) is 0.300. The number of carbonyl (C=O) groups is 1. The molecule has 0 saturated heterocycles. The van der Waals surface area contributed by atoms with Crippen LogP contribution in [0.25, 0.3) is 0 Å². The fourth-order valence-electron chi connectivity index (χ4n) is 1.30. The third-order valence-corrected chi connectivity index (χ3v) is 3.49. The largest absolute Gasteiger partial charge is 0.477 e. The summed E-state index contributed by atoms with van der Waals surface area (Å²) in [6.45, 7) is 1.60. The molecule has 0 aliphatic rings. The molecule has 10 heteroatoms. The predicted molar refractivity (Wildman–Crippen MR) is 70.3 cm³/mol. The molecule has 110 valence electrons. The molecule has 0 bridgehead atoms. The SMILES string of the molecule is CCNC(=O)COc1cc(S(=O)(=O)Cl)ccc1[N+](=O)[O-]. The number of nitrogens with one attached hydrogen (secondary N) is 1. The summed E-state index contributed by atoms with van der Waals surface area (Å²) in [6.07, 6.45) is 0. The number of likely N-dealkylation sites (N-methyl/N-ethyl adjacent to an activating group) is 1. The minimum absolute atomic E-state index is 0.344. The first-order valence-corrected chi connectivity index (χ1v) is 7.69. The van der Waals surface area contributed by atoms with Gasteiger partial charge in [0.05, 0.1) is 9.82 Å². The Morgan fingerprint density at radius 1 is 1.50 bits per heavy atom. The molecule has 1 N–H and O–H groups in total. The normalized spacial score (nSPS) is 10.9. The minimum atomic E-state index is -4.05. The average Bonchev–Trinajstić information content (AvgIpc) is 2.35. The number of hydrogen-bond acceptors (Lipinski definition) is 6. The molecule has 0 spiro atoms. The quantitative estimate of drug-likeness (QED) is 0.475. The number of hydrogen-bond donors (Lipinski definition) is 1. The smallest absolute Gasteiger partial charge is 0.311 e. The summed E-state index contributed by atoms with van der Waals surface area (Å²) in [4.78, 5) is 20.9. The van der Waals surface area contributed by atoms with Crippen LogP contribution in [0.1, 0.15) is 6.92 Å². The van der Waals surface area contributed by atoms with Crippen LogP contribution in [0.2, 0.25) is 0 Å². The van der Waals surface area contributed by atoms with Crippen LogP contribution in [0.15, 0.2) is 23.1 Å². The zero-order chi connectivity index (χ0) is 15.3. The summed E-state index contributed by atoms with van der Waals surface area (Å²) in [7, 11) is 1.09. The van der Waals surface area contributed by atoms with E-state index in [0.717, 1.165) is 18.2 Å². The maximum atomic E-state index is 11.2. The Balaban J connectivity index is 3.07. The van der Waals surface area contributed by atoms with Gasteiger partial charge in [-0.25, -0.2) is 8.42 Å². The molecule has 0 unspecified atom stereocenters. The van der Waals surface area contributed by atoms with Crippen molar-refractivity contribution in [3.05, 3.63) is 28.3 Å². The number of amides is 1. The molecule has 1 amide bonds. The second-order valence-electron chi connectivity index (χ2n) is 3.57. The topological polar surface area (TPSA) is 116 Å². The highest BCUT2D eigenvalue weighted by Gasteiger charge is 2.20. The molecule has 0 atom stereocenters. The molecule has 0 saturated carbocycles. The van der Waals surface area contributed by atoms with E-state index < -0.39 is 32.2 Å². The lowest BCUT2D eigenvalue weighted by Gasteiger charge is -2.07. The number of benzene rings is 1. The zero-order valence-corrected chi connectivity index (χ0v) is 11.9. The fourth-order valence-corrected chi connectivity index (χ4v) is 2.07. The molecule has 8 nitrogen and oxygen atoms in total. The van der Waals surface area contributed by atoms with E-state index in [9.17, 15) is 23.3 Å². The van der Waals surface area contributed by atoms with E-state index in [0.29, 0.717) is 6.54 Å². The number of nitro groups is 1. The van der Waals surface area contributed by atoms with Gasteiger partial charge in [-0.05, 0) is 13.0 Å². The highest BCUT2D eigenvalue weighted by atomic mass is 35.7. The lowest BCUT2D eigenvalue weighted by molar-refractivity contribution is -0.385. The Morgan fingerprint density at radius 3 is 2.65 bits per heavy atom. The Morgan fingerprint density at radius 2 is 2.15 bits per heavy atom. The second-order valence-corrected chi connectivity index (χ2v) is 6.13. The number of ether oxygens (including phenoxy) is 1. The Hall–Kier alpha value is -1.87. The van der Waals surface area contributed by atoms with Crippen molar-refractivity contribution in [2.75, 3.05) is 13.2 Å². The first-order chi connectivity index (χ1) is 9.25. The number of nitro benzene ring substituents is 1. The summed E-state index contributed by atoms with van der Waals surface area (Å²) in [5.41, 5.74) is -0.460. The minimum Gasteiger partial charge on any atom is -0.477 e. The van der Waals surface area contributed by atoms with Crippen molar-refractivity contribution in [2.24, 2.45) is 0 Å². The summed E-state index contributed by atoms with van der Waals surface area (Å²) in [5.74, 6) is -0.830. The van der Waals surface area contributed by atoms with Gasteiger partial charge in [-0.1, -0.05) is 0 Å². The number of nitrogens with zero attached hydrogens (tertiary/aromatic N) is 1. The molecule has 0 heterocycles. The molecular weight excluding hydrogens is 312 g/mol. The molecule has 0 radical (unpaired) electrons. The van der Waals surface area contributed by atoms with Crippen molar-refractivity contribution in [1.29, 1.82) is 0 Å². The van der Waals surface area contributed by atoms with E-state index >= 15 is 0 Å². The molecular formula is C10H11ClN2O6S. The van der Waals surface area contributed by atoms with Crippen LogP contribution in [0.3, 0.4) is 0 Å². The lowest BCUT2D eigenvalue weighted by atomic mass is 10.3. The molecule has 0 aliphatic carbocycles. The van der Waals surface area contributed by atoms with E-state index in [1.165, 1.54) is 0 Å². The first kappa shape index (κ1) is 16.2. The van der Waals surface area contributed by atoms with E-state index in [1.807, 2.05) is 0 Å². The third-order valence-electron chi connectivity index (χ3n) is 2.14. The summed E-state index contributed by atoms with van der Waals surface area (Å²) in [5, 5.41) is 13.2. The Kier molecular flexibility index (Phi) is 5.28. The van der Waals surface area contributed by atoms with Crippen molar-refractivity contribution < 1.29 is 22.9 Å². The monoisotopic (exact) mass is 322 g/mol. The van der Waals surface area contributed by atoms with Crippen LogP contribution < -0.4 is 10.1 Å². The van der Waals surface area contributed by atoms with Crippen LogP contribution in [0.4, 0.5) is 5.69 Å². The van der Waals surface area contributed by atoms with E-state index in [1.54, 1.807) is 6.92 Å². The first-order valence-electron chi connectivity index (χ1n) is 5.38. The summed E-state index contributed by atoms with van der Waals surface area (Å²) in [6, 6.07) is 2.83. The second kappa shape index (κ2) is 6.53. The van der Waals surface area contributed by atoms with Crippen molar-refractivity contribution in [3.8, 4) is 5.75 Å². The van der Waals surface area contributed by atoms with Crippen LogP contribution in [0.5, 0.6) is 5.75 Å². The van der Waals surface area contributed by atoms with Gasteiger partial charge in [0.15, 0.2) is 12.4 Å². The van der Waals surface area contributed by atoms with Gasteiger partial charge >= 0.3 is 5.69 Å². The molecule has 0 fully saturated rings. The van der Waals surface area contributed by atoms with Crippen molar-refractivity contribution in [2.45, 2.75) is 11.8 Å². The maximum absolute atomic E-state index is 11.2. The highest BCUT2D eigenvalue weighted by Crippen LogP contribution is 2.30. The van der Waals surface area contributed by atoms with E-state index in [-0.39, 0.29) is 10.6 Å². The summed E-state index contributed by atoms with van der Waals surface area (Å²) >= 11 is 0. The molecule has 1 aromatic carbocycles. The third kappa shape index (κ3) is 4.35. The van der Waals surface area contributed by atoms with Gasteiger partial charge in [-0.2, -0.15) is 0 Å². The zero-order valence-electron chi connectivity index (χ0n) is 10.3. The molecule has 0 aromatic heterocycles. The maximum Gasteiger partial charge on any atom is 0.311 e. The molecule has 1 aromatic rings. The summed E-state index contributed by atoms with van der Waals surface area (Å²) < 4.78 is 27.3. The molecule has 20 heavy (non-hydrogen) atoms. The van der Waals surface area contributed by atoms with Gasteiger partial charge < -0.3 is 10.1 Å². The van der Waals surface area contributed by atoms with Crippen LogP contribution >= 0.6 is 10.7 Å². The average molecular weight is 323 g/mol. The predicted octanol–water partition coefficient (Wildman–Crippen LogP) is 1.04. The van der Waals surface area contributed by atoms with E-state index in [2.05, 4.69) is 5.32 Å².